The van der Waals surface area contributed by atoms with Crippen LogP contribution in [0.4, 0.5) is 4.39 Å². The predicted octanol–water partition coefficient (Wildman–Crippen LogP) is 2.16. The molecule has 1 unspecified atom stereocenters. The average molecular weight is 285 g/mol. The fourth-order valence-electron chi connectivity index (χ4n) is 2.24. The first-order chi connectivity index (χ1) is 10.2. The van der Waals surface area contributed by atoms with Gasteiger partial charge < -0.3 is 4.98 Å². The largest absolute Gasteiger partial charge is 0.347 e. The molecule has 0 aliphatic heterocycles. The van der Waals surface area contributed by atoms with Crippen molar-refractivity contribution in [1.29, 1.82) is 0 Å². The van der Waals surface area contributed by atoms with Crippen molar-refractivity contribution in [2.75, 3.05) is 0 Å². The summed E-state index contributed by atoms with van der Waals surface area (Å²) in [5.41, 5.74) is 2.02. The Balaban J connectivity index is 1.83. The van der Waals surface area contributed by atoms with Crippen LogP contribution in [0, 0.1) is 5.82 Å². The molecule has 21 heavy (non-hydrogen) atoms. The maximum Gasteiger partial charge on any atom is 0.127 e. The molecule has 0 aliphatic carbocycles. The molecule has 0 radical (unpaired) electrons. The van der Waals surface area contributed by atoms with Crippen LogP contribution in [0.5, 0.6) is 0 Å². The smallest absolute Gasteiger partial charge is 0.127 e. The number of rotatable bonds is 5. The van der Waals surface area contributed by atoms with E-state index < -0.39 is 0 Å². The summed E-state index contributed by atoms with van der Waals surface area (Å²) < 4.78 is 14.9. The lowest BCUT2D eigenvalue weighted by atomic mass is 10.1. The quantitative estimate of drug-likeness (QED) is 0.755. The maximum atomic E-state index is 13.1. The van der Waals surface area contributed by atoms with Crippen LogP contribution in [-0.4, -0.2) is 19.7 Å². The summed E-state index contributed by atoms with van der Waals surface area (Å²) >= 11 is 0. The van der Waals surface area contributed by atoms with Gasteiger partial charge in [-0.05, 0) is 23.8 Å². The SMILES string of the molecule is Cn1nccc1CNC(c1ccc(F)cc1)c1ncc[nH]1. The van der Waals surface area contributed by atoms with Crippen molar-refractivity contribution in [3.05, 3.63) is 71.8 Å². The number of hydrogen-bond donors (Lipinski definition) is 2. The summed E-state index contributed by atoms with van der Waals surface area (Å²) in [4.78, 5) is 7.41. The highest BCUT2D eigenvalue weighted by molar-refractivity contribution is 5.25. The first kappa shape index (κ1) is 13.5. The Morgan fingerprint density at radius 1 is 1.24 bits per heavy atom. The van der Waals surface area contributed by atoms with Crippen molar-refractivity contribution in [2.45, 2.75) is 12.6 Å². The van der Waals surface area contributed by atoms with Gasteiger partial charge in [-0.2, -0.15) is 5.10 Å². The van der Waals surface area contributed by atoms with Gasteiger partial charge in [0.05, 0.1) is 11.7 Å². The van der Waals surface area contributed by atoms with Crippen molar-refractivity contribution >= 4 is 0 Å². The standard InChI is InChI=1S/C15H16FN5/c1-21-13(6-7-20-21)10-19-14(15-17-8-9-18-15)11-2-4-12(16)5-3-11/h2-9,14,19H,10H2,1H3,(H,17,18). The van der Waals surface area contributed by atoms with Gasteiger partial charge in [0.25, 0.3) is 0 Å². The number of halogens is 1. The number of imidazole rings is 1. The summed E-state index contributed by atoms with van der Waals surface area (Å²) in [7, 11) is 1.90. The third-order valence-electron chi connectivity index (χ3n) is 3.41. The van der Waals surface area contributed by atoms with E-state index >= 15 is 0 Å². The van der Waals surface area contributed by atoms with E-state index in [0.29, 0.717) is 6.54 Å². The molecule has 108 valence electrons. The second kappa shape index (κ2) is 5.88. The Bertz CT molecular complexity index is 687. The van der Waals surface area contributed by atoms with Crippen molar-refractivity contribution in [1.82, 2.24) is 25.1 Å². The minimum absolute atomic E-state index is 0.129. The number of nitrogens with zero attached hydrogens (tertiary/aromatic N) is 3. The lowest BCUT2D eigenvalue weighted by molar-refractivity contribution is 0.552. The first-order valence-electron chi connectivity index (χ1n) is 6.69. The van der Waals surface area contributed by atoms with E-state index in [1.165, 1.54) is 12.1 Å². The second-order valence-electron chi connectivity index (χ2n) is 4.79. The van der Waals surface area contributed by atoms with Gasteiger partial charge in [-0.15, -0.1) is 0 Å². The number of aromatic amines is 1. The fraction of sp³-hybridized carbons (Fsp3) is 0.200. The molecule has 0 bridgehead atoms. The number of hydrogen-bond acceptors (Lipinski definition) is 3. The lowest BCUT2D eigenvalue weighted by Gasteiger charge is -2.17. The van der Waals surface area contributed by atoms with E-state index in [2.05, 4.69) is 20.4 Å². The zero-order valence-corrected chi connectivity index (χ0v) is 11.6. The zero-order chi connectivity index (χ0) is 14.7. The molecule has 0 aliphatic rings. The van der Waals surface area contributed by atoms with Crippen LogP contribution in [0.2, 0.25) is 0 Å². The van der Waals surface area contributed by atoms with Crippen LogP contribution in [0.15, 0.2) is 48.9 Å². The van der Waals surface area contributed by atoms with Crippen molar-refractivity contribution < 1.29 is 4.39 Å². The molecule has 0 saturated heterocycles. The van der Waals surface area contributed by atoms with E-state index in [1.54, 1.807) is 30.7 Å². The molecular weight excluding hydrogens is 269 g/mol. The van der Waals surface area contributed by atoms with E-state index in [9.17, 15) is 4.39 Å². The van der Waals surface area contributed by atoms with Gasteiger partial charge in [-0.25, -0.2) is 9.37 Å². The molecule has 2 N–H and O–H groups in total. The minimum atomic E-state index is -0.247. The molecule has 6 heteroatoms. The average Bonchev–Trinajstić information content (AvgIpc) is 3.13. The van der Waals surface area contributed by atoms with Gasteiger partial charge >= 0.3 is 0 Å². The van der Waals surface area contributed by atoms with E-state index in [4.69, 9.17) is 0 Å². The normalized spacial score (nSPS) is 12.5. The van der Waals surface area contributed by atoms with Gasteiger partial charge in [0, 0.05) is 32.2 Å². The Morgan fingerprint density at radius 2 is 2.05 bits per heavy atom. The number of H-pyrrole nitrogens is 1. The topological polar surface area (TPSA) is 58.5 Å². The molecular formula is C15H16FN5. The van der Waals surface area contributed by atoms with Crippen LogP contribution in [-0.2, 0) is 13.6 Å². The van der Waals surface area contributed by atoms with E-state index in [-0.39, 0.29) is 11.9 Å². The van der Waals surface area contributed by atoms with Crippen LogP contribution in [0.1, 0.15) is 23.1 Å². The first-order valence-corrected chi connectivity index (χ1v) is 6.69. The highest BCUT2D eigenvalue weighted by Gasteiger charge is 2.16. The summed E-state index contributed by atoms with van der Waals surface area (Å²) in [5.74, 6) is 0.548. The summed E-state index contributed by atoms with van der Waals surface area (Å²) in [6, 6.07) is 8.26. The molecule has 3 rings (SSSR count). The second-order valence-corrected chi connectivity index (χ2v) is 4.79. The molecule has 1 atom stereocenters. The molecule has 2 heterocycles. The molecule has 0 amide bonds. The number of nitrogens with one attached hydrogen (secondary N) is 2. The van der Waals surface area contributed by atoms with Crippen LogP contribution < -0.4 is 5.32 Å². The van der Waals surface area contributed by atoms with Gasteiger partial charge in [0.1, 0.15) is 11.6 Å². The van der Waals surface area contributed by atoms with Crippen molar-refractivity contribution in [2.24, 2.45) is 7.05 Å². The van der Waals surface area contributed by atoms with Crippen LogP contribution in [0.25, 0.3) is 0 Å². The molecule has 5 nitrogen and oxygen atoms in total. The predicted molar refractivity (Wildman–Crippen MR) is 76.9 cm³/mol. The van der Waals surface area contributed by atoms with Gasteiger partial charge in [-0.3, -0.25) is 10.00 Å². The highest BCUT2D eigenvalue weighted by Crippen LogP contribution is 2.20. The Labute approximate surface area is 121 Å². The Kier molecular flexibility index (Phi) is 3.79. The summed E-state index contributed by atoms with van der Waals surface area (Å²) in [6.45, 7) is 0.638. The van der Waals surface area contributed by atoms with Crippen LogP contribution in [0.3, 0.4) is 0 Å². The molecule has 0 saturated carbocycles. The lowest BCUT2D eigenvalue weighted by Crippen LogP contribution is -2.24. The minimum Gasteiger partial charge on any atom is -0.347 e. The molecule has 0 fully saturated rings. The third kappa shape index (κ3) is 3.00. The Hall–Kier alpha value is -2.47. The van der Waals surface area contributed by atoms with Gasteiger partial charge in [0.15, 0.2) is 0 Å². The van der Waals surface area contributed by atoms with E-state index in [0.717, 1.165) is 17.1 Å². The van der Waals surface area contributed by atoms with Gasteiger partial charge in [0.2, 0.25) is 0 Å². The molecule has 0 spiro atoms. The highest BCUT2D eigenvalue weighted by atomic mass is 19.1. The van der Waals surface area contributed by atoms with E-state index in [1.807, 2.05) is 17.8 Å². The Morgan fingerprint density at radius 3 is 2.67 bits per heavy atom. The summed E-state index contributed by atoms with van der Waals surface area (Å²) in [5, 5.41) is 7.57. The molecule has 3 aromatic rings. The maximum absolute atomic E-state index is 13.1. The summed E-state index contributed by atoms with van der Waals surface area (Å²) in [6.07, 6.45) is 5.24. The zero-order valence-electron chi connectivity index (χ0n) is 11.6. The van der Waals surface area contributed by atoms with Crippen molar-refractivity contribution in [3.8, 4) is 0 Å². The third-order valence-corrected chi connectivity index (χ3v) is 3.41. The number of benzene rings is 1. The molecule has 2 aromatic heterocycles. The number of aromatic nitrogens is 4. The van der Waals surface area contributed by atoms with Crippen molar-refractivity contribution in [3.63, 3.8) is 0 Å². The van der Waals surface area contributed by atoms with Gasteiger partial charge in [-0.1, -0.05) is 12.1 Å². The molecule has 1 aromatic carbocycles. The fourth-order valence-corrected chi connectivity index (χ4v) is 2.24. The monoisotopic (exact) mass is 285 g/mol. The number of aryl methyl sites for hydroxylation is 1. The van der Waals surface area contributed by atoms with Crippen LogP contribution >= 0.6 is 0 Å².